The van der Waals surface area contributed by atoms with Gasteiger partial charge in [-0.15, -0.1) is 0 Å². The quantitative estimate of drug-likeness (QED) is 0.791. The molecule has 0 aromatic carbocycles. The summed E-state index contributed by atoms with van der Waals surface area (Å²) in [5.41, 5.74) is 1.46. The second-order valence-electron chi connectivity index (χ2n) is 5.08. The molecule has 1 fully saturated rings. The maximum Gasteiger partial charge on any atom is 0.272 e. The van der Waals surface area contributed by atoms with E-state index in [2.05, 4.69) is 17.2 Å². The first kappa shape index (κ1) is 14.8. The molecule has 1 aromatic rings. The summed E-state index contributed by atoms with van der Waals surface area (Å²) in [6.45, 7) is 4.21. The third kappa shape index (κ3) is 3.93. The molecule has 0 radical (unpaired) electrons. The van der Waals surface area contributed by atoms with E-state index in [-0.39, 0.29) is 5.91 Å². The third-order valence-corrected chi connectivity index (χ3v) is 3.34. The molecule has 0 bridgehead atoms. The van der Waals surface area contributed by atoms with E-state index in [9.17, 15) is 4.79 Å². The monoisotopic (exact) mass is 277 g/mol. The number of nitrogens with one attached hydrogen (secondary N) is 1. The van der Waals surface area contributed by atoms with Crippen LogP contribution in [0.1, 0.15) is 36.7 Å². The van der Waals surface area contributed by atoms with Crippen molar-refractivity contribution in [2.75, 3.05) is 32.1 Å². The van der Waals surface area contributed by atoms with Crippen molar-refractivity contribution < 1.29 is 9.53 Å². The van der Waals surface area contributed by atoms with Gasteiger partial charge in [-0.2, -0.15) is 0 Å². The van der Waals surface area contributed by atoms with E-state index in [1.807, 2.05) is 17.0 Å². The molecular weight excluding hydrogens is 254 g/mol. The highest BCUT2D eigenvalue weighted by atomic mass is 16.5. The molecule has 0 spiro atoms. The Kier molecular flexibility index (Phi) is 5.35. The van der Waals surface area contributed by atoms with Gasteiger partial charge in [0.1, 0.15) is 5.69 Å². The minimum absolute atomic E-state index is 0.00435. The summed E-state index contributed by atoms with van der Waals surface area (Å²) in [5.74, 6) is 0.00435. The highest BCUT2D eigenvalue weighted by Crippen LogP contribution is 2.28. The highest BCUT2D eigenvalue weighted by Gasteiger charge is 2.33. The molecule has 20 heavy (non-hydrogen) atoms. The van der Waals surface area contributed by atoms with E-state index in [1.54, 1.807) is 13.3 Å². The van der Waals surface area contributed by atoms with Crippen LogP contribution in [0.25, 0.3) is 0 Å². The van der Waals surface area contributed by atoms with Gasteiger partial charge in [-0.1, -0.05) is 6.92 Å². The zero-order chi connectivity index (χ0) is 14.4. The number of pyridine rings is 1. The lowest BCUT2D eigenvalue weighted by atomic mass is 10.2. The van der Waals surface area contributed by atoms with Gasteiger partial charge in [-0.3, -0.25) is 9.78 Å². The first-order valence-electron chi connectivity index (χ1n) is 7.26. The Morgan fingerprint density at radius 3 is 3.00 bits per heavy atom. The number of aromatic nitrogens is 1. The van der Waals surface area contributed by atoms with Crippen molar-refractivity contribution in [3.63, 3.8) is 0 Å². The summed E-state index contributed by atoms with van der Waals surface area (Å²) in [7, 11) is 1.66. The largest absolute Gasteiger partial charge is 0.385 e. The van der Waals surface area contributed by atoms with Crippen LogP contribution >= 0.6 is 0 Å². The van der Waals surface area contributed by atoms with Crippen molar-refractivity contribution in [2.24, 2.45) is 0 Å². The van der Waals surface area contributed by atoms with Crippen molar-refractivity contribution >= 4 is 11.6 Å². The number of hydrogen-bond acceptors (Lipinski definition) is 4. The summed E-state index contributed by atoms with van der Waals surface area (Å²) in [4.78, 5) is 18.6. The Morgan fingerprint density at radius 2 is 2.35 bits per heavy atom. The fourth-order valence-electron chi connectivity index (χ4n) is 2.10. The van der Waals surface area contributed by atoms with Crippen LogP contribution in [0.3, 0.4) is 0 Å². The predicted molar refractivity (Wildman–Crippen MR) is 79.0 cm³/mol. The van der Waals surface area contributed by atoms with Crippen LogP contribution in [0.5, 0.6) is 0 Å². The van der Waals surface area contributed by atoms with Gasteiger partial charge < -0.3 is 15.0 Å². The number of carbonyl (C=O) groups excluding carboxylic acids is 1. The van der Waals surface area contributed by atoms with Crippen LogP contribution in [0.2, 0.25) is 0 Å². The molecule has 1 N–H and O–H groups in total. The molecular formula is C15H23N3O2. The van der Waals surface area contributed by atoms with Gasteiger partial charge in [-0.25, -0.2) is 0 Å². The Hall–Kier alpha value is -1.62. The first-order chi connectivity index (χ1) is 9.76. The van der Waals surface area contributed by atoms with Crippen molar-refractivity contribution in [3.05, 3.63) is 24.0 Å². The number of nitrogens with zero attached hydrogens (tertiary/aromatic N) is 2. The second kappa shape index (κ2) is 7.24. The van der Waals surface area contributed by atoms with Crippen LogP contribution in [-0.2, 0) is 4.74 Å². The zero-order valence-corrected chi connectivity index (χ0v) is 12.3. The Morgan fingerprint density at radius 1 is 1.55 bits per heavy atom. The van der Waals surface area contributed by atoms with Gasteiger partial charge in [-0.05, 0) is 31.4 Å². The van der Waals surface area contributed by atoms with E-state index >= 15 is 0 Å². The van der Waals surface area contributed by atoms with E-state index in [0.717, 1.165) is 31.5 Å². The van der Waals surface area contributed by atoms with Crippen LogP contribution in [0.4, 0.5) is 5.69 Å². The lowest BCUT2D eigenvalue weighted by Gasteiger charge is -2.21. The van der Waals surface area contributed by atoms with E-state index < -0.39 is 0 Å². The van der Waals surface area contributed by atoms with E-state index in [0.29, 0.717) is 24.9 Å². The maximum absolute atomic E-state index is 12.5. The van der Waals surface area contributed by atoms with Gasteiger partial charge in [0.15, 0.2) is 0 Å². The fourth-order valence-corrected chi connectivity index (χ4v) is 2.10. The molecule has 1 heterocycles. The molecule has 0 aliphatic heterocycles. The van der Waals surface area contributed by atoms with Gasteiger partial charge in [0.05, 0.1) is 6.61 Å². The number of hydrogen-bond donors (Lipinski definition) is 1. The van der Waals surface area contributed by atoms with Crippen molar-refractivity contribution in [1.29, 1.82) is 0 Å². The Bertz CT molecular complexity index is 446. The number of ether oxygens (including phenoxy) is 1. The van der Waals surface area contributed by atoms with Crippen LogP contribution in [-0.4, -0.2) is 48.6 Å². The predicted octanol–water partition coefficient (Wildman–Crippen LogP) is 2.15. The zero-order valence-electron chi connectivity index (χ0n) is 12.3. The summed E-state index contributed by atoms with van der Waals surface area (Å²) >= 11 is 0. The number of anilines is 1. The van der Waals surface area contributed by atoms with Gasteiger partial charge in [0.25, 0.3) is 5.91 Å². The molecule has 0 atom stereocenters. The topological polar surface area (TPSA) is 54.5 Å². The molecule has 1 saturated carbocycles. The first-order valence-corrected chi connectivity index (χ1v) is 7.26. The average Bonchev–Trinajstić information content (AvgIpc) is 3.30. The molecule has 110 valence electrons. The second-order valence-corrected chi connectivity index (χ2v) is 5.08. The van der Waals surface area contributed by atoms with Gasteiger partial charge in [0, 0.05) is 38.1 Å². The molecule has 1 amide bonds. The lowest BCUT2D eigenvalue weighted by molar-refractivity contribution is 0.0674. The van der Waals surface area contributed by atoms with Crippen LogP contribution in [0, 0.1) is 0 Å². The Balaban J connectivity index is 2.05. The summed E-state index contributed by atoms with van der Waals surface area (Å²) in [6.07, 6.45) is 4.91. The number of amides is 1. The normalized spacial score (nSPS) is 14.1. The molecule has 1 aromatic heterocycles. The molecule has 0 saturated heterocycles. The smallest absolute Gasteiger partial charge is 0.272 e. The number of methoxy groups -OCH3 is 1. The summed E-state index contributed by atoms with van der Waals surface area (Å²) < 4.78 is 5.09. The molecule has 1 aliphatic carbocycles. The molecule has 0 unspecified atom stereocenters. The summed E-state index contributed by atoms with van der Waals surface area (Å²) in [5, 5.41) is 3.28. The number of carbonyl (C=O) groups is 1. The highest BCUT2D eigenvalue weighted by molar-refractivity contribution is 5.93. The summed E-state index contributed by atoms with van der Waals surface area (Å²) in [6, 6.07) is 4.09. The maximum atomic E-state index is 12.5. The molecule has 2 rings (SSSR count). The van der Waals surface area contributed by atoms with Gasteiger partial charge in [0.2, 0.25) is 0 Å². The molecule has 1 aliphatic rings. The minimum Gasteiger partial charge on any atom is -0.385 e. The molecule has 5 nitrogen and oxygen atoms in total. The lowest BCUT2D eigenvalue weighted by Crippen LogP contribution is -2.36. The van der Waals surface area contributed by atoms with Crippen molar-refractivity contribution in [2.45, 2.75) is 32.2 Å². The van der Waals surface area contributed by atoms with Crippen LogP contribution in [0.15, 0.2) is 18.3 Å². The third-order valence-electron chi connectivity index (χ3n) is 3.34. The van der Waals surface area contributed by atoms with E-state index in [1.165, 1.54) is 0 Å². The standard InChI is InChI=1S/C15H23N3O2/c1-3-7-16-12-6-8-17-14(11-12)15(19)18(9-10-20-2)13-4-5-13/h6,8,11,13H,3-5,7,9-10H2,1-2H3,(H,16,17). The fraction of sp³-hybridized carbons (Fsp3) is 0.600. The van der Waals surface area contributed by atoms with Crippen molar-refractivity contribution in [3.8, 4) is 0 Å². The number of rotatable bonds is 8. The average molecular weight is 277 g/mol. The van der Waals surface area contributed by atoms with Crippen molar-refractivity contribution in [1.82, 2.24) is 9.88 Å². The van der Waals surface area contributed by atoms with Crippen LogP contribution < -0.4 is 5.32 Å². The Labute approximate surface area is 120 Å². The SMILES string of the molecule is CCCNc1ccnc(C(=O)N(CCOC)C2CC2)c1. The van der Waals surface area contributed by atoms with E-state index in [4.69, 9.17) is 4.74 Å². The van der Waals surface area contributed by atoms with Gasteiger partial charge >= 0.3 is 0 Å². The molecule has 5 heteroatoms. The minimum atomic E-state index is 0.00435.